The van der Waals surface area contributed by atoms with Crippen LogP contribution in [0.1, 0.15) is 23.2 Å². The second kappa shape index (κ2) is 6.87. The van der Waals surface area contributed by atoms with E-state index in [4.69, 9.17) is 4.74 Å². The highest BCUT2D eigenvalue weighted by Crippen LogP contribution is 2.18. The molecule has 1 amide bonds. The van der Waals surface area contributed by atoms with E-state index < -0.39 is 0 Å². The van der Waals surface area contributed by atoms with E-state index in [9.17, 15) is 4.79 Å². The van der Waals surface area contributed by atoms with Crippen molar-refractivity contribution < 1.29 is 9.53 Å². The third-order valence-corrected chi connectivity index (χ3v) is 5.08. The van der Waals surface area contributed by atoms with E-state index in [1.807, 2.05) is 35.2 Å². The minimum absolute atomic E-state index is 0.0952. The van der Waals surface area contributed by atoms with Crippen LogP contribution in [-0.4, -0.2) is 66.1 Å². The number of benzene rings is 1. The zero-order valence-electron chi connectivity index (χ0n) is 13.9. The van der Waals surface area contributed by atoms with Gasteiger partial charge >= 0.3 is 0 Å². The quantitative estimate of drug-likeness (QED) is 0.849. The first kappa shape index (κ1) is 15.5. The Morgan fingerprint density at radius 1 is 1.17 bits per heavy atom. The Kier molecular flexibility index (Phi) is 4.45. The molecule has 0 spiro atoms. The number of carbonyl (C=O) groups excluding carboxylic acids is 1. The summed E-state index contributed by atoms with van der Waals surface area (Å²) >= 11 is 0. The van der Waals surface area contributed by atoms with Crippen molar-refractivity contribution in [1.29, 1.82) is 0 Å². The number of rotatable bonds is 2. The van der Waals surface area contributed by atoms with Crippen molar-refractivity contribution in [2.45, 2.75) is 18.9 Å². The lowest BCUT2D eigenvalue weighted by Gasteiger charge is -2.26. The van der Waals surface area contributed by atoms with Crippen molar-refractivity contribution in [2.24, 2.45) is 0 Å². The molecule has 126 valence electrons. The van der Waals surface area contributed by atoms with E-state index >= 15 is 0 Å². The van der Waals surface area contributed by atoms with E-state index in [0.717, 1.165) is 63.1 Å². The summed E-state index contributed by atoms with van der Waals surface area (Å²) in [5.41, 5.74) is 1.61. The van der Waals surface area contributed by atoms with Crippen molar-refractivity contribution in [2.75, 3.05) is 39.4 Å². The van der Waals surface area contributed by atoms with Crippen molar-refractivity contribution in [3.05, 3.63) is 42.1 Å². The highest BCUT2D eigenvalue weighted by molar-refractivity contribution is 5.97. The van der Waals surface area contributed by atoms with Gasteiger partial charge in [0.2, 0.25) is 0 Å². The monoisotopic (exact) mass is 325 g/mol. The third-order valence-electron chi connectivity index (χ3n) is 5.08. The lowest BCUT2D eigenvalue weighted by atomic mass is 10.1. The summed E-state index contributed by atoms with van der Waals surface area (Å²) in [6, 6.07) is 10.4. The highest BCUT2D eigenvalue weighted by atomic mass is 16.5. The maximum atomic E-state index is 12.9. The van der Waals surface area contributed by atoms with Gasteiger partial charge in [-0.1, -0.05) is 18.2 Å². The second-order valence-electron chi connectivity index (χ2n) is 6.62. The summed E-state index contributed by atoms with van der Waals surface area (Å²) in [7, 11) is 0. The van der Waals surface area contributed by atoms with E-state index in [0.29, 0.717) is 11.6 Å². The molecule has 4 rings (SSSR count). The summed E-state index contributed by atoms with van der Waals surface area (Å²) in [5.74, 6) is 0.0952. The van der Waals surface area contributed by atoms with Crippen LogP contribution < -0.4 is 0 Å². The number of fused-ring (bicyclic) bond motifs is 1. The van der Waals surface area contributed by atoms with Gasteiger partial charge in [-0.2, -0.15) is 0 Å². The molecular formula is C19H23N3O2. The molecule has 2 aliphatic rings. The van der Waals surface area contributed by atoms with Gasteiger partial charge in [0, 0.05) is 50.4 Å². The van der Waals surface area contributed by atoms with Crippen molar-refractivity contribution in [3.63, 3.8) is 0 Å². The molecule has 2 aromatic rings. The molecule has 0 aliphatic carbocycles. The first-order valence-electron chi connectivity index (χ1n) is 8.77. The molecule has 1 unspecified atom stereocenters. The van der Waals surface area contributed by atoms with Gasteiger partial charge in [0.1, 0.15) is 0 Å². The smallest absolute Gasteiger partial charge is 0.255 e. The fraction of sp³-hybridized carbons (Fsp3) is 0.474. The minimum Gasteiger partial charge on any atom is -0.380 e. The molecule has 5 heteroatoms. The zero-order valence-corrected chi connectivity index (χ0v) is 13.9. The van der Waals surface area contributed by atoms with Crippen LogP contribution >= 0.6 is 0 Å². The van der Waals surface area contributed by atoms with Gasteiger partial charge < -0.3 is 9.64 Å². The fourth-order valence-corrected chi connectivity index (χ4v) is 3.69. The Morgan fingerprint density at radius 3 is 2.96 bits per heavy atom. The van der Waals surface area contributed by atoms with Crippen LogP contribution in [0.25, 0.3) is 10.9 Å². The van der Waals surface area contributed by atoms with Crippen LogP contribution in [0.2, 0.25) is 0 Å². The molecule has 5 nitrogen and oxygen atoms in total. The van der Waals surface area contributed by atoms with Crippen molar-refractivity contribution >= 4 is 16.8 Å². The number of carbonyl (C=O) groups is 1. The molecule has 1 atom stereocenters. The molecule has 0 saturated carbocycles. The van der Waals surface area contributed by atoms with E-state index in [1.54, 1.807) is 6.20 Å². The van der Waals surface area contributed by atoms with Gasteiger partial charge in [-0.25, -0.2) is 0 Å². The molecular weight excluding hydrogens is 302 g/mol. The Hall–Kier alpha value is -1.98. The third kappa shape index (κ3) is 3.14. The molecule has 0 bridgehead atoms. The molecule has 0 N–H and O–H groups in total. The predicted molar refractivity (Wildman–Crippen MR) is 93.1 cm³/mol. The van der Waals surface area contributed by atoms with E-state index in [2.05, 4.69) is 9.88 Å². The number of hydrogen-bond acceptors (Lipinski definition) is 4. The molecule has 0 radical (unpaired) electrons. The Morgan fingerprint density at radius 2 is 2.08 bits per heavy atom. The summed E-state index contributed by atoms with van der Waals surface area (Å²) in [4.78, 5) is 21.7. The van der Waals surface area contributed by atoms with Crippen LogP contribution in [-0.2, 0) is 4.74 Å². The summed E-state index contributed by atoms with van der Waals surface area (Å²) in [5, 5.41) is 1.02. The van der Waals surface area contributed by atoms with Crippen LogP contribution in [0.5, 0.6) is 0 Å². The summed E-state index contributed by atoms with van der Waals surface area (Å²) in [6.45, 7) is 5.28. The molecule has 2 aliphatic heterocycles. The molecule has 2 saturated heterocycles. The van der Waals surface area contributed by atoms with Gasteiger partial charge in [0.25, 0.3) is 5.91 Å². The molecule has 1 aromatic heterocycles. The van der Waals surface area contributed by atoms with Crippen molar-refractivity contribution in [3.8, 4) is 0 Å². The van der Waals surface area contributed by atoms with Gasteiger partial charge in [-0.05, 0) is 25.0 Å². The number of amides is 1. The van der Waals surface area contributed by atoms with Gasteiger partial charge in [-0.15, -0.1) is 0 Å². The molecule has 3 heterocycles. The van der Waals surface area contributed by atoms with Gasteiger partial charge in [0.15, 0.2) is 0 Å². The van der Waals surface area contributed by atoms with Crippen LogP contribution in [0.4, 0.5) is 0 Å². The number of hydrogen-bond donors (Lipinski definition) is 0. The summed E-state index contributed by atoms with van der Waals surface area (Å²) < 4.78 is 5.51. The first-order chi connectivity index (χ1) is 11.8. The SMILES string of the molecule is O=C(c1cnc2ccccc2c1)N1CCCN(C2CCOC2)CC1. The number of para-hydroxylation sites is 1. The average molecular weight is 325 g/mol. The zero-order chi connectivity index (χ0) is 16.4. The second-order valence-corrected chi connectivity index (χ2v) is 6.62. The lowest BCUT2D eigenvalue weighted by Crippen LogP contribution is -2.39. The van der Waals surface area contributed by atoms with E-state index in [1.165, 1.54) is 0 Å². The van der Waals surface area contributed by atoms with Crippen LogP contribution in [0.15, 0.2) is 36.5 Å². The molecule has 1 aromatic carbocycles. The average Bonchev–Trinajstić information content (AvgIpc) is 3.05. The summed E-state index contributed by atoms with van der Waals surface area (Å²) in [6.07, 6.45) is 3.84. The largest absolute Gasteiger partial charge is 0.380 e. The highest BCUT2D eigenvalue weighted by Gasteiger charge is 2.27. The van der Waals surface area contributed by atoms with E-state index in [-0.39, 0.29) is 5.91 Å². The Labute approximate surface area is 142 Å². The Bertz CT molecular complexity index is 727. The predicted octanol–water partition coefficient (Wildman–Crippen LogP) is 2.17. The lowest BCUT2D eigenvalue weighted by molar-refractivity contribution is 0.0756. The molecule has 2 fully saturated rings. The first-order valence-corrected chi connectivity index (χ1v) is 8.77. The topological polar surface area (TPSA) is 45.7 Å². The standard InChI is InChI=1S/C19H23N3O2/c23-19(16-12-15-4-1-2-5-18(15)20-13-16)22-8-3-7-21(9-10-22)17-6-11-24-14-17/h1-2,4-5,12-13,17H,3,6-11,14H2. The number of pyridine rings is 1. The van der Waals surface area contributed by atoms with Crippen LogP contribution in [0.3, 0.4) is 0 Å². The normalized spacial score (nSPS) is 22.7. The van der Waals surface area contributed by atoms with Crippen LogP contribution in [0, 0.1) is 0 Å². The van der Waals surface area contributed by atoms with Gasteiger partial charge in [-0.3, -0.25) is 14.7 Å². The fourth-order valence-electron chi connectivity index (χ4n) is 3.69. The maximum absolute atomic E-state index is 12.9. The van der Waals surface area contributed by atoms with Gasteiger partial charge in [0.05, 0.1) is 17.7 Å². The maximum Gasteiger partial charge on any atom is 0.255 e. The number of nitrogens with zero attached hydrogens (tertiary/aromatic N) is 3. The number of ether oxygens (including phenoxy) is 1. The number of aromatic nitrogens is 1. The van der Waals surface area contributed by atoms with Crippen molar-refractivity contribution in [1.82, 2.24) is 14.8 Å². The Balaban J connectivity index is 1.47. The molecule has 24 heavy (non-hydrogen) atoms. The minimum atomic E-state index is 0.0952.